The quantitative estimate of drug-likeness (QED) is 0.644. The topological polar surface area (TPSA) is 111 Å². The molecule has 0 aromatic heterocycles. The highest BCUT2D eigenvalue weighted by molar-refractivity contribution is 6.08. The van der Waals surface area contributed by atoms with Crippen LogP contribution in [0.2, 0.25) is 0 Å². The van der Waals surface area contributed by atoms with Gasteiger partial charge in [0.2, 0.25) is 17.7 Å². The molecule has 0 aromatic carbocycles. The molecule has 7 rings (SSSR count). The van der Waals surface area contributed by atoms with E-state index >= 15 is 0 Å². The zero-order chi connectivity index (χ0) is 18.5. The lowest BCUT2D eigenvalue weighted by atomic mass is 9.65. The van der Waals surface area contributed by atoms with Gasteiger partial charge in [0.15, 0.2) is 0 Å². The summed E-state index contributed by atoms with van der Waals surface area (Å²) in [6.07, 6.45) is 5.24. The Hall–Kier alpha value is -1.51. The Bertz CT molecular complexity index is 704. The Kier molecular flexibility index (Phi) is 3.23. The SMILES string of the molecule is NC1CC2OC1C1C(=O)N(CC(=O)NC34C[C@@H]5CC(C[C@@H](C5)C3)O4)C(=O)C21. The molecule has 7 aliphatic rings. The molecule has 0 aromatic rings. The lowest BCUT2D eigenvalue weighted by molar-refractivity contribution is -0.233. The van der Waals surface area contributed by atoms with Crippen LogP contribution in [0.5, 0.6) is 0 Å². The highest BCUT2D eigenvalue weighted by Crippen LogP contribution is 2.52. The van der Waals surface area contributed by atoms with Crippen molar-refractivity contribution >= 4 is 17.7 Å². The van der Waals surface area contributed by atoms with E-state index in [9.17, 15) is 14.4 Å². The van der Waals surface area contributed by atoms with Crippen LogP contribution < -0.4 is 11.1 Å². The van der Waals surface area contributed by atoms with E-state index in [-0.39, 0.29) is 42.5 Å². The first-order valence-corrected chi connectivity index (χ1v) is 10.2. The number of likely N-dealkylation sites (tertiary alicyclic amines) is 1. The summed E-state index contributed by atoms with van der Waals surface area (Å²) in [6.45, 7) is -0.232. The van der Waals surface area contributed by atoms with Crippen molar-refractivity contribution in [2.24, 2.45) is 29.4 Å². The summed E-state index contributed by atoms with van der Waals surface area (Å²) in [7, 11) is 0. The van der Waals surface area contributed by atoms with Gasteiger partial charge in [-0.2, -0.15) is 0 Å². The first kappa shape index (κ1) is 16.4. The summed E-state index contributed by atoms with van der Waals surface area (Å²) in [6, 6.07) is -0.206. The van der Waals surface area contributed by atoms with Gasteiger partial charge in [0.05, 0.1) is 30.1 Å². The van der Waals surface area contributed by atoms with Crippen LogP contribution in [0.15, 0.2) is 0 Å². The molecular weight excluding hydrogens is 350 g/mol. The van der Waals surface area contributed by atoms with Crippen molar-refractivity contribution in [3.05, 3.63) is 0 Å². The van der Waals surface area contributed by atoms with E-state index in [4.69, 9.17) is 15.2 Å². The Morgan fingerprint density at radius 1 is 1.11 bits per heavy atom. The van der Waals surface area contributed by atoms with E-state index in [1.165, 1.54) is 6.42 Å². The van der Waals surface area contributed by atoms with E-state index in [0.717, 1.165) is 30.6 Å². The van der Waals surface area contributed by atoms with Gasteiger partial charge in [-0.15, -0.1) is 0 Å². The summed E-state index contributed by atoms with van der Waals surface area (Å²) in [5.74, 6) is -0.669. The normalized spacial score (nSPS) is 52.0. The highest BCUT2D eigenvalue weighted by Gasteiger charge is 2.65. The van der Waals surface area contributed by atoms with E-state index < -0.39 is 23.7 Å². The molecule has 146 valence electrons. The molecule has 8 heteroatoms. The number of ether oxygens (including phenoxy) is 2. The zero-order valence-corrected chi connectivity index (χ0v) is 15.1. The molecule has 5 aliphatic heterocycles. The first-order chi connectivity index (χ1) is 12.9. The van der Waals surface area contributed by atoms with E-state index in [1.54, 1.807) is 0 Å². The maximum absolute atomic E-state index is 12.8. The van der Waals surface area contributed by atoms with Gasteiger partial charge in [-0.1, -0.05) is 0 Å². The minimum Gasteiger partial charge on any atom is -0.372 e. The van der Waals surface area contributed by atoms with E-state index in [1.807, 2.05) is 0 Å². The summed E-state index contributed by atoms with van der Waals surface area (Å²) in [5, 5.41) is 3.04. The van der Waals surface area contributed by atoms with Gasteiger partial charge >= 0.3 is 0 Å². The highest BCUT2D eigenvalue weighted by atomic mass is 16.5. The van der Waals surface area contributed by atoms with E-state index in [0.29, 0.717) is 18.3 Å². The van der Waals surface area contributed by atoms with Crippen LogP contribution in [0.1, 0.15) is 38.5 Å². The Morgan fingerprint density at radius 3 is 2.52 bits per heavy atom. The predicted octanol–water partition coefficient (Wildman–Crippen LogP) is -0.493. The number of hydrogen-bond donors (Lipinski definition) is 2. The van der Waals surface area contributed by atoms with Gasteiger partial charge in [0, 0.05) is 6.04 Å². The average Bonchev–Trinajstić information content (AvgIpc) is 3.20. The monoisotopic (exact) mass is 375 g/mol. The van der Waals surface area contributed by atoms with E-state index in [2.05, 4.69) is 5.32 Å². The van der Waals surface area contributed by atoms with Crippen molar-refractivity contribution in [3.63, 3.8) is 0 Å². The molecule has 2 saturated carbocycles. The van der Waals surface area contributed by atoms with Gasteiger partial charge in [-0.25, -0.2) is 0 Å². The van der Waals surface area contributed by atoms with Crippen molar-refractivity contribution in [2.45, 2.75) is 68.6 Å². The number of nitrogens with one attached hydrogen (secondary N) is 1. The van der Waals surface area contributed by atoms with Gasteiger partial charge in [-0.05, 0) is 50.4 Å². The molecular formula is C19H25N3O5. The van der Waals surface area contributed by atoms with Crippen molar-refractivity contribution in [2.75, 3.05) is 6.54 Å². The first-order valence-electron chi connectivity index (χ1n) is 10.2. The number of nitrogens with two attached hydrogens (primary N) is 1. The van der Waals surface area contributed by atoms with Crippen LogP contribution >= 0.6 is 0 Å². The fourth-order valence-electron chi connectivity index (χ4n) is 6.94. The molecule has 27 heavy (non-hydrogen) atoms. The van der Waals surface area contributed by atoms with Crippen LogP contribution in [0, 0.1) is 23.7 Å². The van der Waals surface area contributed by atoms with Gasteiger partial charge in [0.1, 0.15) is 12.3 Å². The maximum Gasteiger partial charge on any atom is 0.242 e. The Balaban J connectivity index is 1.16. The molecule has 7 unspecified atom stereocenters. The fourth-order valence-corrected chi connectivity index (χ4v) is 6.94. The molecule has 8 nitrogen and oxygen atoms in total. The lowest BCUT2D eigenvalue weighted by Gasteiger charge is -2.56. The molecule has 6 bridgehead atoms. The number of amides is 3. The molecule has 2 aliphatic carbocycles. The average molecular weight is 375 g/mol. The third-order valence-corrected chi connectivity index (χ3v) is 7.66. The van der Waals surface area contributed by atoms with Crippen LogP contribution in [0.4, 0.5) is 0 Å². The minimum absolute atomic E-state index is 0.206. The number of fused-ring (bicyclic) bond motifs is 5. The largest absolute Gasteiger partial charge is 0.372 e. The second-order valence-electron chi connectivity index (χ2n) is 9.48. The maximum atomic E-state index is 12.8. The summed E-state index contributed by atoms with van der Waals surface area (Å²) >= 11 is 0. The molecule has 0 spiro atoms. The molecule has 3 N–H and O–H groups in total. The number of nitrogens with zero attached hydrogens (tertiary/aromatic N) is 1. The minimum atomic E-state index is -0.599. The van der Waals surface area contributed by atoms with Gasteiger partial charge in [0.25, 0.3) is 0 Å². The van der Waals surface area contributed by atoms with Crippen LogP contribution in [-0.4, -0.2) is 59.2 Å². The van der Waals surface area contributed by atoms with Crippen molar-refractivity contribution in [3.8, 4) is 0 Å². The summed E-state index contributed by atoms with van der Waals surface area (Å²) in [4.78, 5) is 39.4. The van der Waals surface area contributed by atoms with Crippen LogP contribution in [-0.2, 0) is 23.9 Å². The number of rotatable bonds is 3. The van der Waals surface area contributed by atoms with Gasteiger partial charge in [-0.3, -0.25) is 19.3 Å². The zero-order valence-electron chi connectivity index (χ0n) is 15.1. The molecule has 7 fully saturated rings. The smallest absolute Gasteiger partial charge is 0.242 e. The summed E-state index contributed by atoms with van der Waals surface area (Å²) < 4.78 is 11.9. The third-order valence-electron chi connectivity index (χ3n) is 7.66. The molecule has 5 saturated heterocycles. The molecule has 0 radical (unpaired) electrons. The molecule has 3 amide bonds. The Morgan fingerprint density at radius 2 is 1.81 bits per heavy atom. The molecule has 5 heterocycles. The number of carbonyl (C=O) groups is 3. The predicted molar refractivity (Wildman–Crippen MR) is 90.8 cm³/mol. The van der Waals surface area contributed by atoms with Crippen molar-refractivity contribution in [1.29, 1.82) is 0 Å². The standard InChI is InChI=1S/C19H25N3O5/c20-11-4-12-14-15(16(11)26-12)18(25)22(17(14)24)7-13(23)21-19-5-8-1-9(6-19)3-10(2-8)27-19/h8-12,14-16H,1-7,20H2,(H,21,23)/t8-,9+,10?,11?,12?,14?,15?,16?,19?. The van der Waals surface area contributed by atoms with Crippen molar-refractivity contribution in [1.82, 2.24) is 10.2 Å². The second-order valence-corrected chi connectivity index (χ2v) is 9.48. The number of carbonyl (C=O) groups excluding carboxylic acids is 3. The lowest BCUT2D eigenvalue weighted by Crippen LogP contribution is -2.64. The van der Waals surface area contributed by atoms with Crippen LogP contribution in [0.25, 0.3) is 0 Å². The van der Waals surface area contributed by atoms with Crippen LogP contribution in [0.3, 0.4) is 0 Å². The van der Waals surface area contributed by atoms with Crippen molar-refractivity contribution < 1.29 is 23.9 Å². The number of imide groups is 1. The Labute approximate surface area is 157 Å². The molecule has 9 atom stereocenters. The fraction of sp³-hybridized carbons (Fsp3) is 0.842. The second kappa shape index (κ2) is 5.30. The van der Waals surface area contributed by atoms with Gasteiger partial charge < -0.3 is 20.5 Å². The summed E-state index contributed by atoms with van der Waals surface area (Å²) in [5.41, 5.74) is 5.42. The number of hydrogen-bond acceptors (Lipinski definition) is 6. The third kappa shape index (κ3) is 2.23.